The first-order chi connectivity index (χ1) is 16.5. The van der Waals surface area contributed by atoms with Crippen LogP contribution in [0.4, 0.5) is 4.39 Å². The third-order valence-corrected chi connectivity index (χ3v) is 5.46. The molecule has 1 heterocycles. The Kier molecular flexibility index (Phi) is 5.73. The Hall–Kier alpha value is -4.74. The molecule has 3 aromatic rings. The molecule has 0 aliphatic carbocycles. The summed E-state index contributed by atoms with van der Waals surface area (Å²) >= 11 is 0. The maximum absolute atomic E-state index is 14.4. The van der Waals surface area contributed by atoms with Crippen LogP contribution >= 0.6 is 0 Å². The highest BCUT2D eigenvalue weighted by molar-refractivity contribution is 5.91. The zero-order chi connectivity index (χ0) is 25.6. The van der Waals surface area contributed by atoms with Gasteiger partial charge in [-0.25, -0.2) is 9.18 Å². The summed E-state index contributed by atoms with van der Waals surface area (Å²) in [6, 6.07) is 5.19. The smallest absolute Gasteiger partial charge is 0.341 e. The number of esters is 1. The summed E-state index contributed by atoms with van der Waals surface area (Å²) in [7, 11) is 1.23. The fourth-order valence-electron chi connectivity index (χ4n) is 3.74. The van der Waals surface area contributed by atoms with Crippen molar-refractivity contribution in [1.82, 2.24) is 0 Å². The van der Waals surface area contributed by atoms with Gasteiger partial charge < -0.3 is 50.0 Å². The number of phenols is 7. The van der Waals surface area contributed by atoms with Crippen molar-refractivity contribution in [2.75, 3.05) is 7.11 Å². The zero-order valence-corrected chi connectivity index (χ0v) is 17.9. The number of rotatable bonds is 4. The molecule has 2 atom stereocenters. The van der Waals surface area contributed by atoms with Crippen LogP contribution in [-0.2, 0) is 11.2 Å². The molecule has 0 aromatic heterocycles. The van der Waals surface area contributed by atoms with Crippen LogP contribution in [0, 0.1) is 5.82 Å². The van der Waals surface area contributed by atoms with Gasteiger partial charge >= 0.3 is 5.97 Å². The summed E-state index contributed by atoms with van der Waals surface area (Å²) < 4.78 is 30.7. The quantitative estimate of drug-likeness (QED) is 0.210. The van der Waals surface area contributed by atoms with E-state index in [0.717, 1.165) is 12.1 Å². The molecular weight excluding hydrogens is 471 g/mol. The molecule has 11 nitrogen and oxygen atoms in total. The maximum Gasteiger partial charge on any atom is 0.341 e. The van der Waals surface area contributed by atoms with E-state index in [1.54, 1.807) is 0 Å². The average molecular weight is 490 g/mol. The number of fused-ring (bicyclic) bond motifs is 1. The van der Waals surface area contributed by atoms with E-state index < -0.39 is 58.3 Å². The Morgan fingerprint density at radius 1 is 0.914 bits per heavy atom. The molecule has 4 rings (SSSR count). The fourth-order valence-corrected chi connectivity index (χ4v) is 3.74. The first kappa shape index (κ1) is 23.4. The molecule has 2 unspecified atom stereocenters. The molecule has 1 aliphatic rings. The van der Waals surface area contributed by atoms with Crippen molar-refractivity contribution in [2.45, 2.75) is 18.6 Å². The number of halogens is 1. The second-order valence-corrected chi connectivity index (χ2v) is 7.67. The van der Waals surface area contributed by atoms with Gasteiger partial charge in [-0.05, 0) is 12.1 Å². The van der Waals surface area contributed by atoms with Crippen molar-refractivity contribution < 1.29 is 59.1 Å². The highest BCUT2D eigenvalue weighted by Gasteiger charge is 2.38. The number of aromatic hydroxyl groups is 7. The van der Waals surface area contributed by atoms with Gasteiger partial charge in [0.2, 0.25) is 11.5 Å². The van der Waals surface area contributed by atoms with Crippen LogP contribution < -0.4 is 9.47 Å². The summed E-state index contributed by atoms with van der Waals surface area (Å²) in [6.07, 6.45) is -2.73. The number of phenolic OH excluding ortho intramolecular Hbond substituents is 7. The van der Waals surface area contributed by atoms with Crippen molar-refractivity contribution in [2.24, 2.45) is 0 Å². The minimum absolute atomic E-state index is 0.0254. The van der Waals surface area contributed by atoms with E-state index in [-0.39, 0.29) is 40.5 Å². The first-order valence-corrected chi connectivity index (χ1v) is 9.97. The standard InChI is InChI=1S/C23H19FO11/c1-33-16-3-8(2-13(27)19(16)29)22-17(7-10-12(26)4-9(25)5-15(10)34-22)35-23(32)11-6-14(28)20(30)21(31)18(11)24/h2-6,17,22,25-31H,7H2,1H3. The molecule has 3 aromatic carbocycles. The first-order valence-electron chi connectivity index (χ1n) is 9.97. The summed E-state index contributed by atoms with van der Waals surface area (Å²) in [5.41, 5.74) is -0.618. The molecule has 1 aliphatic heterocycles. The average Bonchev–Trinajstić information content (AvgIpc) is 2.81. The second kappa shape index (κ2) is 8.56. The Morgan fingerprint density at radius 3 is 2.29 bits per heavy atom. The number of methoxy groups -OCH3 is 1. The predicted octanol–water partition coefficient (Wildman–Crippen LogP) is 2.68. The fraction of sp³-hybridized carbons (Fsp3) is 0.174. The van der Waals surface area contributed by atoms with Gasteiger partial charge in [-0.3, -0.25) is 0 Å². The molecule has 0 radical (unpaired) electrons. The van der Waals surface area contributed by atoms with Gasteiger partial charge in [0, 0.05) is 35.7 Å². The number of benzene rings is 3. The number of hydrogen-bond donors (Lipinski definition) is 7. The van der Waals surface area contributed by atoms with Crippen LogP contribution in [0.15, 0.2) is 30.3 Å². The van der Waals surface area contributed by atoms with Crippen molar-refractivity contribution in [1.29, 1.82) is 0 Å². The lowest BCUT2D eigenvalue weighted by Gasteiger charge is -2.34. The number of carbonyl (C=O) groups is 1. The molecule has 12 heteroatoms. The predicted molar refractivity (Wildman–Crippen MR) is 114 cm³/mol. The van der Waals surface area contributed by atoms with Gasteiger partial charge in [0.05, 0.1) is 7.11 Å². The molecular formula is C23H19FO11. The van der Waals surface area contributed by atoms with Gasteiger partial charge in [-0.15, -0.1) is 0 Å². The highest BCUT2D eigenvalue weighted by atomic mass is 19.1. The maximum atomic E-state index is 14.4. The van der Waals surface area contributed by atoms with E-state index in [2.05, 4.69) is 0 Å². The van der Waals surface area contributed by atoms with E-state index in [0.29, 0.717) is 6.07 Å². The number of carbonyl (C=O) groups excluding carboxylic acids is 1. The van der Waals surface area contributed by atoms with Crippen LogP contribution in [0.3, 0.4) is 0 Å². The Balaban J connectivity index is 1.78. The van der Waals surface area contributed by atoms with Crippen molar-refractivity contribution >= 4 is 5.97 Å². The molecule has 0 saturated heterocycles. The zero-order valence-electron chi connectivity index (χ0n) is 17.9. The van der Waals surface area contributed by atoms with E-state index in [4.69, 9.17) is 14.2 Å². The van der Waals surface area contributed by atoms with Crippen LogP contribution in [0.1, 0.15) is 27.6 Å². The molecule has 35 heavy (non-hydrogen) atoms. The van der Waals surface area contributed by atoms with Crippen molar-refractivity contribution in [3.8, 4) is 51.7 Å². The minimum Gasteiger partial charge on any atom is -0.508 e. The minimum atomic E-state index is -1.55. The van der Waals surface area contributed by atoms with Gasteiger partial charge in [0.25, 0.3) is 0 Å². The van der Waals surface area contributed by atoms with Crippen molar-refractivity contribution in [3.05, 3.63) is 52.8 Å². The van der Waals surface area contributed by atoms with Crippen LogP contribution in [0.25, 0.3) is 0 Å². The molecule has 184 valence electrons. The Labute approximate surface area is 196 Å². The lowest BCUT2D eigenvalue weighted by Crippen LogP contribution is -2.35. The van der Waals surface area contributed by atoms with Crippen LogP contribution in [0.5, 0.6) is 51.7 Å². The van der Waals surface area contributed by atoms with Gasteiger partial charge in [0.1, 0.15) is 28.9 Å². The Bertz CT molecular complexity index is 1340. The lowest BCUT2D eigenvalue weighted by molar-refractivity contribution is -0.0193. The summed E-state index contributed by atoms with van der Waals surface area (Å²) in [5, 5.41) is 68.8. The van der Waals surface area contributed by atoms with E-state index in [1.165, 1.54) is 19.2 Å². The third-order valence-electron chi connectivity index (χ3n) is 5.46. The van der Waals surface area contributed by atoms with Gasteiger partial charge in [-0.1, -0.05) is 0 Å². The SMILES string of the molecule is COc1cc(C2Oc3cc(O)cc(O)c3CC2OC(=O)c2cc(O)c(O)c(O)c2F)cc(O)c1O. The second-order valence-electron chi connectivity index (χ2n) is 7.67. The van der Waals surface area contributed by atoms with Gasteiger partial charge in [0.15, 0.2) is 34.9 Å². The summed E-state index contributed by atoms with van der Waals surface area (Å²) in [6.45, 7) is 0. The van der Waals surface area contributed by atoms with Crippen LogP contribution in [-0.4, -0.2) is 54.9 Å². The van der Waals surface area contributed by atoms with Crippen molar-refractivity contribution in [3.63, 3.8) is 0 Å². The summed E-state index contributed by atoms with van der Waals surface area (Å²) in [4.78, 5) is 12.8. The lowest BCUT2D eigenvalue weighted by atomic mass is 9.93. The third kappa shape index (κ3) is 4.05. The molecule has 7 N–H and O–H groups in total. The van der Waals surface area contributed by atoms with Crippen LogP contribution in [0.2, 0.25) is 0 Å². The molecule has 0 bridgehead atoms. The monoisotopic (exact) mass is 490 g/mol. The number of ether oxygens (including phenoxy) is 3. The Morgan fingerprint density at radius 2 is 1.60 bits per heavy atom. The summed E-state index contributed by atoms with van der Waals surface area (Å²) in [5.74, 6) is -8.36. The van der Waals surface area contributed by atoms with E-state index in [1.807, 2.05) is 0 Å². The van der Waals surface area contributed by atoms with E-state index in [9.17, 15) is 44.9 Å². The molecule has 0 amide bonds. The van der Waals surface area contributed by atoms with Gasteiger partial charge in [-0.2, -0.15) is 0 Å². The molecule has 0 fully saturated rings. The van der Waals surface area contributed by atoms with E-state index >= 15 is 0 Å². The largest absolute Gasteiger partial charge is 0.508 e. The number of hydrogen-bond acceptors (Lipinski definition) is 11. The molecule has 0 spiro atoms. The highest BCUT2D eigenvalue weighted by Crippen LogP contribution is 2.46. The normalized spacial score (nSPS) is 16.7. The topological polar surface area (TPSA) is 186 Å². The molecule has 0 saturated carbocycles.